The van der Waals surface area contributed by atoms with Crippen LogP contribution in [0, 0.1) is 0 Å². The third-order valence-corrected chi connectivity index (χ3v) is 5.46. The van der Waals surface area contributed by atoms with E-state index in [0.29, 0.717) is 0 Å². The van der Waals surface area contributed by atoms with E-state index >= 15 is 0 Å². The molecule has 4 aromatic rings. The Morgan fingerprint density at radius 2 is 1.55 bits per heavy atom. The lowest BCUT2D eigenvalue weighted by Crippen LogP contribution is -2.22. The fraction of sp³-hybridized carbons (Fsp3) is 0.192. The molecule has 1 heterocycles. The molecule has 0 fully saturated rings. The normalized spacial score (nSPS) is 10.6. The van der Waals surface area contributed by atoms with Crippen LogP contribution in [0.5, 0.6) is 0 Å². The number of likely N-dealkylation sites (N-methyl/N-ethyl adjacent to an activating group) is 1. The van der Waals surface area contributed by atoms with Crippen molar-refractivity contribution in [2.75, 3.05) is 48.1 Å². The summed E-state index contributed by atoms with van der Waals surface area (Å²) in [5.74, 6) is 0.918. The summed E-state index contributed by atoms with van der Waals surface area (Å²) in [4.78, 5) is 25.3. The summed E-state index contributed by atoms with van der Waals surface area (Å²) in [5, 5.41) is 6.71. The van der Waals surface area contributed by atoms with Crippen LogP contribution >= 0.6 is 0 Å². The van der Waals surface area contributed by atoms with Crippen LogP contribution < -0.4 is 20.4 Å². The van der Waals surface area contributed by atoms with Crippen molar-refractivity contribution in [2.45, 2.75) is 6.42 Å². The molecule has 4 rings (SSSR count). The van der Waals surface area contributed by atoms with Crippen LogP contribution in [0.2, 0.25) is 0 Å². The van der Waals surface area contributed by atoms with E-state index in [4.69, 9.17) is 0 Å². The number of hydrogen-bond donors (Lipinski definition) is 2. The Balaban J connectivity index is 1.36. The van der Waals surface area contributed by atoms with Gasteiger partial charge in [0.15, 0.2) is 0 Å². The Hall–Kier alpha value is -4.13. The van der Waals surface area contributed by atoms with E-state index in [2.05, 4.69) is 48.6 Å². The van der Waals surface area contributed by atoms with E-state index in [1.54, 1.807) is 6.33 Å². The number of urea groups is 1. The molecule has 3 aromatic carbocycles. The number of para-hydroxylation sites is 1. The number of fused-ring (bicyclic) bond motifs is 1. The summed E-state index contributed by atoms with van der Waals surface area (Å²) in [6, 6.07) is 23.3. The second kappa shape index (κ2) is 9.99. The van der Waals surface area contributed by atoms with Crippen LogP contribution in [-0.4, -0.2) is 43.7 Å². The molecule has 0 bridgehead atoms. The molecule has 0 saturated carbocycles. The second-order valence-corrected chi connectivity index (χ2v) is 8.11. The lowest BCUT2D eigenvalue weighted by atomic mass is 10.1. The lowest BCUT2D eigenvalue weighted by molar-refractivity contribution is 0.262. The molecule has 0 aliphatic carbocycles. The fourth-order valence-electron chi connectivity index (χ4n) is 3.59. The molecule has 0 radical (unpaired) electrons. The first-order chi connectivity index (χ1) is 16.0. The predicted octanol–water partition coefficient (Wildman–Crippen LogP) is 5.02. The molecule has 168 valence electrons. The number of amides is 2. The number of benzene rings is 3. The highest BCUT2D eigenvalue weighted by Crippen LogP contribution is 2.26. The molecule has 33 heavy (non-hydrogen) atoms. The lowest BCUT2D eigenvalue weighted by Gasteiger charge is -2.20. The van der Waals surface area contributed by atoms with Crippen molar-refractivity contribution in [3.05, 3.63) is 84.7 Å². The molecule has 2 N–H and O–H groups in total. The first-order valence-corrected chi connectivity index (χ1v) is 10.8. The van der Waals surface area contributed by atoms with Gasteiger partial charge in [-0.1, -0.05) is 30.3 Å². The van der Waals surface area contributed by atoms with Gasteiger partial charge in [-0.15, -0.1) is 0 Å². The largest absolute Gasteiger partial charge is 0.378 e. The SMILES string of the molecule is CN(C)c1ccc2c(N(C)CCc3ccc(NC(=O)Nc4ccccc4)cc3)ncnc2c1. The summed E-state index contributed by atoms with van der Waals surface area (Å²) in [5.41, 5.74) is 4.73. The van der Waals surface area contributed by atoms with Crippen molar-refractivity contribution in [3.8, 4) is 0 Å². The van der Waals surface area contributed by atoms with E-state index in [-0.39, 0.29) is 6.03 Å². The average molecular weight is 441 g/mol. The van der Waals surface area contributed by atoms with Gasteiger partial charge in [-0.25, -0.2) is 14.8 Å². The molecule has 1 aromatic heterocycles. The predicted molar refractivity (Wildman–Crippen MR) is 136 cm³/mol. The third-order valence-electron chi connectivity index (χ3n) is 5.46. The zero-order valence-electron chi connectivity index (χ0n) is 19.1. The number of aromatic nitrogens is 2. The maximum Gasteiger partial charge on any atom is 0.323 e. The number of nitrogens with one attached hydrogen (secondary N) is 2. The summed E-state index contributed by atoms with van der Waals surface area (Å²) in [7, 11) is 6.09. The van der Waals surface area contributed by atoms with Crippen molar-refractivity contribution in [1.82, 2.24) is 9.97 Å². The molecule has 2 amide bonds. The first-order valence-electron chi connectivity index (χ1n) is 10.8. The Labute approximate surface area is 194 Å². The molecule has 0 saturated heterocycles. The van der Waals surface area contributed by atoms with Gasteiger partial charge in [0.1, 0.15) is 12.1 Å². The minimum Gasteiger partial charge on any atom is -0.378 e. The number of anilines is 4. The molecule has 0 aliphatic heterocycles. The molecule has 0 atom stereocenters. The maximum atomic E-state index is 12.2. The van der Waals surface area contributed by atoms with E-state index in [1.807, 2.05) is 75.7 Å². The molecule has 7 heteroatoms. The summed E-state index contributed by atoms with van der Waals surface area (Å²) in [6.45, 7) is 0.808. The van der Waals surface area contributed by atoms with Gasteiger partial charge < -0.3 is 20.4 Å². The topological polar surface area (TPSA) is 73.4 Å². The number of nitrogens with zero attached hydrogens (tertiary/aromatic N) is 4. The van der Waals surface area contributed by atoms with Gasteiger partial charge in [0.05, 0.1) is 5.52 Å². The highest BCUT2D eigenvalue weighted by Gasteiger charge is 2.10. The number of carbonyl (C=O) groups excluding carboxylic acids is 1. The smallest absolute Gasteiger partial charge is 0.323 e. The third kappa shape index (κ3) is 5.57. The van der Waals surface area contributed by atoms with Crippen molar-refractivity contribution in [2.24, 2.45) is 0 Å². The Bertz CT molecular complexity index is 1220. The standard InChI is InChI=1S/C26H28N6O/c1-31(2)22-13-14-23-24(17-22)27-18-28-25(23)32(3)16-15-19-9-11-21(12-10-19)30-26(33)29-20-7-5-4-6-8-20/h4-14,17-18H,15-16H2,1-3H3,(H2,29,30,33). The van der Waals surface area contributed by atoms with Gasteiger partial charge in [-0.05, 0) is 54.4 Å². The molecule has 7 nitrogen and oxygen atoms in total. The monoisotopic (exact) mass is 440 g/mol. The molecular weight excluding hydrogens is 412 g/mol. The highest BCUT2D eigenvalue weighted by molar-refractivity contribution is 5.99. The van der Waals surface area contributed by atoms with Crippen LogP contribution in [0.25, 0.3) is 10.9 Å². The Kier molecular flexibility index (Phi) is 6.69. The molecule has 0 aliphatic rings. The molecular formula is C26H28N6O. The van der Waals surface area contributed by atoms with Gasteiger partial charge in [-0.3, -0.25) is 0 Å². The van der Waals surface area contributed by atoms with Crippen LogP contribution in [0.4, 0.5) is 27.7 Å². The second-order valence-electron chi connectivity index (χ2n) is 8.11. The van der Waals surface area contributed by atoms with Crippen LogP contribution in [0.15, 0.2) is 79.1 Å². The van der Waals surface area contributed by atoms with Gasteiger partial charge in [0.25, 0.3) is 0 Å². The first kappa shape index (κ1) is 22.1. The van der Waals surface area contributed by atoms with E-state index in [9.17, 15) is 4.79 Å². The van der Waals surface area contributed by atoms with Crippen molar-refractivity contribution >= 4 is 39.8 Å². The highest BCUT2D eigenvalue weighted by atomic mass is 16.2. The quantitative estimate of drug-likeness (QED) is 0.422. The van der Waals surface area contributed by atoms with Gasteiger partial charge in [-0.2, -0.15) is 0 Å². The van der Waals surface area contributed by atoms with E-state index in [1.165, 1.54) is 5.56 Å². The van der Waals surface area contributed by atoms with Crippen molar-refractivity contribution < 1.29 is 4.79 Å². The van der Waals surface area contributed by atoms with E-state index in [0.717, 1.165) is 46.7 Å². The van der Waals surface area contributed by atoms with Gasteiger partial charge in [0, 0.05) is 50.1 Å². The van der Waals surface area contributed by atoms with Gasteiger partial charge >= 0.3 is 6.03 Å². The number of carbonyl (C=O) groups is 1. The fourth-order valence-corrected chi connectivity index (χ4v) is 3.59. The van der Waals surface area contributed by atoms with E-state index < -0.39 is 0 Å². The van der Waals surface area contributed by atoms with Crippen molar-refractivity contribution in [1.29, 1.82) is 0 Å². The molecule has 0 unspecified atom stereocenters. The van der Waals surface area contributed by atoms with Crippen molar-refractivity contribution in [3.63, 3.8) is 0 Å². The zero-order valence-corrected chi connectivity index (χ0v) is 19.1. The van der Waals surface area contributed by atoms with Gasteiger partial charge in [0.2, 0.25) is 0 Å². The summed E-state index contributed by atoms with van der Waals surface area (Å²) in [6.07, 6.45) is 2.48. The maximum absolute atomic E-state index is 12.2. The summed E-state index contributed by atoms with van der Waals surface area (Å²) < 4.78 is 0. The van der Waals surface area contributed by atoms with Crippen LogP contribution in [-0.2, 0) is 6.42 Å². The minimum absolute atomic E-state index is 0.262. The van der Waals surface area contributed by atoms with Crippen LogP contribution in [0.1, 0.15) is 5.56 Å². The molecule has 0 spiro atoms. The zero-order chi connectivity index (χ0) is 23.2. The number of rotatable bonds is 7. The Morgan fingerprint density at radius 1 is 0.848 bits per heavy atom. The minimum atomic E-state index is -0.262. The Morgan fingerprint density at radius 3 is 2.24 bits per heavy atom. The summed E-state index contributed by atoms with van der Waals surface area (Å²) >= 11 is 0. The van der Waals surface area contributed by atoms with Crippen LogP contribution in [0.3, 0.4) is 0 Å². The average Bonchev–Trinajstić information content (AvgIpc) is 2.83. The number of hydrogen-bond acceptors (Lipinski definition) is 5.